The Balaban J connectivity index is 1.76. The molecule has 1 aromatic heterocycles. The second-order valence-electron chi connectivity index (χ2n) is 8.03. The third-order valence-corrected chi connectivity index (χ3v) is 5.85. The molecule has 0 bridgehead atoms. The fraction of sp³-hybridized carbons (Fsp3) is 0.550. The van der Waals surface area contributed by atoms with Crippen molar-refractivity contribution in [2.45, 2.75) is 39.2 Å². The van der Waals surface area contributed by atoms with Gasteiger partial charge in [0, 0.05) is 51.3 Å². The molecule has 28 heavy (non-hydrogen) atoms. The Kier molecular flexibility index (Phi) is 4.74. The van der Waals surface area contributed by atoms with Crippen molar-refractivity contribution in [2.24, 2.45) is 13.0 Å². The summed E-state index contributed by atoms with van der Waals surface area (Å²) in [5.41, 5.74) is 1.96. The lowest BCUT2D eigenvalue weighted by Gasteiger charge is -2.37. The Labute approximate surface area is 163 Å². The molecule has 0 unspecified atom stereocenters. The van der Waals surface area contributed by atoms with E-state index < -0.39 is 0 Å². The highest BCUT2D eigenvalue weighted by Crippen LogP contribution is 2.24. The number of fused-ring (bicyclic) bond motifs is 1. The van der Waals surface area contributed by atoms with Crippen LogP contribution in [-0.4, -0.2) is 46.7 Å². The van der Waals surface area contributed by atoms with E-state index in [-0.39, 0.29) is 30.3 Å². The fourth-order valence-corrected chi connectivity index (χ4v) is 4.12. The van der Waals surface area contributed by atoms with Gasteiger partial charge in [-0.05, 0) is 30.5 Å². The number of anilines is 1. The summed E-state index contributed by atoms with van der Waals surface area (Å²) >= 11 is 0. The van der Waals surface area contributed by atoms with Crippen molar-refractivity contribution in [3.63, 3.8) is 0 Å². The SMILES string of the molecule is CC(C)[C@H]1CN(c2ccc3c(c2)n(C)c(=O)n3N2C(=O)CCCC2=O)CCN1. The zero-order chi connectivity index (χ0) is 20.0. The van der Waals surface area contributed by atoms with Gasteiger partial charge in [-0.3, -0.25) is 14.2 Å². The quantitative estimate of drug-likeness (QED) is 0.796. The van der Waals surface area contributed by atoms with Crippen LogP contribution in [0.4, 0.5) is 5.69 Å². The third kappa shape index (κ3) is 3.01. The molecule has 4 rings (SSSR count). The smallest absolute Gasteiger partial charge is 0.348 e. The van der Waals surface area contributed by atoms with E-state index in [4.69, 9.17) is 0 Å². The lowest BCUT2D eigenvalue weighted by molar-refractivity contribution is -0.131. The van der Waals surface area contributed by atoms with Crippen molar-refractivity contribution in [3.8, 4) is 0 Å². The van der Waals surface area contributed by atoms with Gasteiger partial charge < -0.3 is 10.2 Å². The standard InChI is InChI=1S/C20H27N5O3/c1-13(2)15-12-23(10-9-21-15)14-7-8-16-17(11-14)22(3)20(28)24(16)25-18(26)5-4-6-19(25)27/h7-8,11,13,15,21H,4-6,9-10,12H2,1-3H3/t15-/m1/s1. The zero-order valence-electron chi connectivity index (χ0n) is 16.6. The number of imide groups is 1. The summed E-state index contributed by atoms with van der Waals surface area (Å²) in [6, 6.07) is 6.21. The fourth-order valence-electron chi connectivity index (χ4n) is 4.12. The highest BCUT2D eigenvalue weighted by molar-refractivity contribution is 6.11. The number of nitrogens with one attached hydrogen (secondary N) is 1. The van der Waals surface area contributed by atoms with Crippen LogP contribution in [0.5, 0.6) is 0 Å². The Bertz CT molecular complexity index is 974. The van der Waals surface area contributed by atoms with Gasteiger partial charge in [0.15, 0.2) is 0 Å². The number of rotatable bonds is 3. The normalized spacial score (nSPS) is 21.2. The molecule has 0 saturated carbocycles. The van der Waals surface area contributed by atoms with E-state index in [1.807, 2.05) is 18.2 Å². The van der Waals surface area contributed by atoms with E-state index in [1.165, 1.54) is 9.24 Å². The number of aryl methyl sites for hydroxylation is 1. The summed E-state index contributed by atoms with van der Waals surface area (Å²) in [6.45, 7) is 7.13. The molecule has 0 radical (unpaired) electrons. The highest BCUT2D eigenvalue weighted by atomic mass is 16.2. The minimum Gasteiger partial charge on any atom is -0.369 e. The first-order chi connectivity index (χ1) is 13.4. The summed E-state index contributed by atoms with van der Waals surface area (Å²) in [4.78, 5) is 39.9. The third-order valence-electron chi connectivity index (χ3n) is 5.85. The number of imidazole rings is 1. The molecule has 1 N–H and O–H groups in total. The maximum absolute atomic E-state index is 12.9. The van der Waals surface area contributed by atoms with Crippen LogP contribution in [0.2, 0.25) is 0 Å². The zero-order valence-corrected chi connectivity index (χ0v) is 16.6. The summed E-state index contributed by atoms with van der Waals surface area (Å²) < 4.78 is 2.74. The van der Waals surface area contributed by atoms with E-state index >= 15 is 0 Å². The van der Waals surface area contributed by atoms with Crippen LogP contribution in [0.15, 0.2) is 23.0 Å². The first-order valence-corrected chi connectivity index (χ1v) is 9.94. The van der Waals surface area contributed by atoms with E-state index in [9.17, 15) is 14.4 Å². The molecule has 1 atom stereocenters. The number of carbonyl (C=O) groups is 2. The molecule has 1 aromatic carbocycles. The van der Waals surface area contributed by atoms with Gasteiger partial charge in [0.05, 0.1) is 11.0 Å². The Morgan fingerprint density at radius 1 is 1.07 bits per heavy atom. The first-order valence-electron chi connectivity index (χ1n) is 9.94. The number of hydrogen-bond acceptors (Lipinski definition) is 5. The van der Waals surface area contributed by atoms with E-state index in [1.54, 1.807) is 7.05 Å². The van der Waals surface area contributed by atoms with Crippen molar-refractivity contribution in [3.05, 3.63) is 28.7 Å². The van der Waals surface area contributed by atoms with E-state index in [2.05, 4.69) is 24.1 Å². The predicted octanol–water partition coefficient (Wildman–Crippen LogP) is 0.949. The maximum atomic E-state index is 12.9. The molecule has 2 fully saturated rings. The van der Waals surface area contributed by atoms with E-state index in [0.717, 1.165) is 30.3 Å². The van der Waals surface area contributed by atoms with Gasteiger partial charge in [0.2, 0.25) is 11.8 Å². The van der Waals surface area contributed by atoms with Crippen molar-refractivity contribution in [1.82, 2.24) is 14.6 Å². The lowest BCUT2D eigenvalue weighted by atomic mass is 10.0. The number of piperidine rings is 1. The van der Waals surface area contributed by atoms with Crippen LogP contribution in [0.25, 0.3) is 11.0 Å². The second-order valence-corrected chi connectivity index (χ2v) is 8.03. The average Bonchev–Trinajstić information content (AvgIpc) is 2.93. The molecular weight excluding hydrogens is 358 g/mol. The number of carbonyl (C=O) groups excluding carboxylic acids is 2. The van der Waals surface area contributed by atoms with Crippen molar-refractivity contribution >= 4 is 28.5 Å². The first kappa shape index (κ1) is 18.7. The van der Waals surface area contributed by atoms with Crippen LogP contribution in [0.3, 0.4) is 0 Å². The minimum absolute atomic E-state index is 0.282. The molecule has 8 nitrogen and oxygen atoms in total. The average molecular weight is 385 g/mol. The van der Waals surface area contributed by atoms with Gasteiger partial charge in [-0.1, -0.05) is 13.8 Å². The largest absolute Gasteiger partial charge is 0.369 e. The molecule has 2 aliphatic heterocycles. The number of aromatic nitrogens is 2. The number of nitrogens with zero attached hydrogens (tertiary/aromatic N) is 4. The van der Waals surface area contributed by atoms with Gasteiger partial charge in [-0.2, -0.15) is 9.69 Å². The molecule has 2 saturated heterocycles. The molecule has 2 amide bonds. The molecule has 0 spiro atoms. The molecule has 0 aliphatic carbocycles. The number of benzene rings is 1. The topological polar surface area (TPSA) is 79.6 Å². The van der Waals surface area contributed by atoms with Crippen molar-refractivity contribution in [2.75, 3.05) is 29.5 Å². The van der Waals surface area contributed by atoms with Gasteiger partial charge >= 0.3 is 5.69 Å². The Morgan fingerprint density at radius 2 is 1.79 bits per heavy atom. The van der Waals surface area contributed by atoms with Crippen molar-refractivity contribution in [1.29, 1.82) is 0 Å². The van der Waals surface area contributed by atoms with Gasteiger partial charge in [-0.25, -0.2) is 4.79 Å². The van der Waals surface area contributed by atoms with Crippen LogP contribution in [-0.2, 0) is 16.6 Å². The number of hydrogen-bond donors (Lipinski definition) is 1. The molecule has 2 aromatic rings. The number of piperazine rings is 1. The van der Waals surface area contributed by atoms with Crippen LogP contribution < -0.4 is 20.9 Å². The van der Waals surface area contributed by atoms with Gasteiger partial charge in [0.25, 0.3) is 0 Å². The molecule has 8 heteroatoms. The highest BCUT2D eigenvalue weighted by Gasteiger charge is 2.31. The second kappa shape index (κ2) is 7.09. The molecule has 2 aliphatic rings. The van der Waals surface area contributed by atoms with Crippen molar-refractivity contribution < 1.29 is 9.59 Å². The monoisotopic (exact) mass is 385 g/mol. The van der Waals surface area contributed by atoms with Crippen LogP contribution in [0, 0.1) is 5.92 Å². The summed E-state index contributed by atoms with van der Waals surface area (Å²) in [5, 5.41) is 4.57. The van der Waals surface area contributed by atoms with Crippen LogP contribution >= 0.6 is 0 Å². The Morgan fingerprint density at radius 3 is 2.46 bits per heavy atom. The van der Waals surface area contributed by atoms with Gasteiger partial charge in [0.1, 0.15) is 0 Å². The Hall–Kier alpha value is -2.61. The van der Waals surface area contributed by atoms with Crippen LogP contribution in [0.1, 0.15) is 33.1 Å². The summed E-state index contributed by atoms with van der Waals surface area (Å²) in [6.07, 6.45) is 1.10. The lowest BCUT2D eigenvalue weighted by Crippen LogP contribution is -2.53. The molecule has 3 heterocycles. The van der Waals surface area contributed by atoms with Gasteiger partial charge in [-0.15, -0.1) is 0 Å². The summed E-state index contributed by atoms with van der Waals surface area (Å²) in [7, 11) is 1.68. The summed E-state index contributed by atoms with van der Waals surface area (Å²) in [5.74, 6) is -0.110. The molecular formula is C20H27N5O3. The minimum atomic E-state index is -0.379. The molecule has 150 valence electrons. The maximum Gasteiger partial charge on any atom is 0.348 e. The predicted molar refractivity (Wildman–Crippen MR) is 108 cm³/mol. The number of amides is 2. The van der Waals surface area contributed by atoms with E-state index in [0.29, 0.717) is 29.4 Å².